The molecule has 0 amide bonds. The first kappa shape index (κ1) is 5.16. The van der Waals surface area contributed by atoms with E-state index >= 15 is 0 Å². The Morgan fingerprint density at radius 3 is 3.20 bits per heavy atom. The molecule has 0 aromatic carbocycles. The van der Waals surface area contributed by atoms with E-state index in [-0.39, 0.29) is 5.52 Å². The van der Waals surface area contributed by atoms with Crippen molar-refractivity contribution in [1.29, 1.82) is 0 Å². The monoisotopic (exact) mass is 137 g/mol. The molecule has 5 nitrogen and oxygen atoms in total. The molecule has 0 saturated carbocycles. The van der Waals surface area contributed by atoms with Crippen molar-refractivity contribution < 1.29 is 4.42 Å². The predicted molar refractivity (Wildman–Crippen MR) is 32.4 cm³/mol. The lowest BCUT2D eigenvalue weighted by Crippen LogP contribution is -1.96. The van der Waals surface area contributed by atoms with Crippen LogP contribution in [0.15, 0.2) is 21.5 Å². The van der Waals surface area contributed by atoms with Crippen LogP contribution in [0, 0.1) is 0 Å². The zero-order valence-corrected chi connectivity index (χ0v) is 4.87. The molecule has 1 N–H and O–H groups in total. The molecule has 0 spiro atoms. The number of fused-ring (bicyclic) bond motifs is 1. The summed E-state index contributed by atoms with van der Waals surface area (Å²) in [7, 11) is 0. The molecule has 2 rings (SSSR count). The smallest absolute Gasteiger partial charge is 0.366 e. The number of rotatable bonds is 0. The van der Waals surface area contributed by atoms with Crippen molar-refractivity contribution in [1.82, 2.24) is 15.4 Å². The predicted octanol–water partition coefficient (Wildman–Crippen LogP) is -0.0889. The van der Waals surface area contributed by atoms with Crippen molar-refractivity contribution in [3.8, 4) is 0 Å². The third-order valence-corrected chi connectivity index (χ3v) is 1.17. The van der Waals surface area contributed by atoms with E-state index in [0.29, 0.717) is 5.52 Å². The van der Waals surface area contributed by atoms with E-state index in [2.05, 4.69) is 19.8 Å². The molecule has 2 aromatic heterocycles. The summed E-state index contributed by atoms with van der Waals surface area (Å²) >= 11 is 0. The van der Waals surface area contributed by atoms with Gasteiger partial charge in [-0.05, 0) is 0 Å². The molecule has 0 unspecified atom stereocenters. The molecule has 0 radical (unpaired) electrons. The number of nitrogens with one attached hydrogen (secondary N) is 1. The maximum atomic E-state index is 10.8. The van der Waals surface area contributed by atoms with Crippen molar-refractivity contribution in [2.45, 2.75) is 0 Å². The fraction of sp³-hybridized carbons (Fsp3) is 0. The Bertz CT molecular complexity index is 402. The fourth-order valence-electron chi connectivity index (χ4n) is 0.722. The van der Waals surface area contributed by atoms with Crippen LogP contribution >= 0.6 is 0 Å². The van der Waals surface area contributed by atoms with Crippen LogP contribution in [0.4, 0.5) is 0 Å². The van der Waals surface area contributed by atoms with Crippen LogP contribution in [0.2, 0.25) is 0 Å². The molecule has 2 heterocycles. The zero-order valence-electron chi connectivity index (χ0n) is 4.87. The van der Waals surface area contributed by atoms with E-state index in [0.717, 1.165) is 0 Å². The van der Waals surface area contributed by atoms with E-state index in [1.54, 1.807) is 6.07 Å². The molecule has 5 heteroatoms. The second-order valence-corrected chi connectivity index (χ2v) is 1.77. The summed E-state index contributed by atoms with van der Waals surface area (Å²) in [4.78, 5) is 10.8. The van der Waals surface area contributed by atoms with Gasteiger partial charge in [-0.1, -0.05) is 0 Å². The SMILES string of the molecule is O=c1occc2n[nH]nc12. The first-order valence-corrected chi connectivity index (χ1v) is 2.66. The summed E-state index contributed by atoms with van der Waals surface area (Å²) in [5.74, 6) is 0. The molecular formula is C5H3N3O2. The summed E-state index contributed by atoms with van der Waals surface area (Å²) in [6.45, 7) is 0. The Balaban J connectivity index is 3.09. The van der Waals surface area contributed by atoms with Crippen molar-refractivity contribution >= 4 is 11.0 Å². The third kappa shape index (κ3) is 0.540. The standard InChI is InChI=1S/C5H3N3O2/c9-5-4-3(1-2-10-5)6-8-7-4/h1-2H,(H,6,7,8). The van der Waals surface area contributed by atoms with Gasteiger partial charge in [-0.3, -0.25) is 0 Å². The van der Waals surface area contributed by atoms with Gasteiger partial charge < -0.3 is 4.42 Å². The van der Waals surface area contributed by atoms with Gasteiger partial charge in [0, 0.05) is 6.07 Å². The molecule has 10 heavy (non-hydrogen) atoms. The third-order valence-electron chi connectivity index (χ3n) is 1.17. The van der Waals surface area contributed by atoms with Crippen molar-refractivity contribution in [2.75, 3.05) is 0 Å². The summed E-state index contributed by atoms with van der Waals surface area (Å²) in [6.07, 6.45) is 1.28. The Hall–Kier alpha value is -1.65. The molecule has 0 saturated heterocycles. The fourth-order valence-corrected chi connectivity index (χ4v) is 0.722. The summed E-state index contributed by atoms with van der Waals surface area (Å²) in [6, 6.07) is 1.57. The van der Waals surface area contributed by atoms with Crippen LogP contribution in [0.25, 0.3) is 11.0 Å². The highest BCUT2D eigenvalue weighted by Gasteiger charge is 2.00. The molecule has 50 valence electrons. The maximum Gasteiger partial charge on any atom is 0.366 e. The van der Waals surface area contributed by atoms with Crippen molar-refractivity contribution in [3.63, 3.8) is 0 Å². The molecular weight excluding hydrogens is 134 g/mol. The lowest BCUT2D eigenvalue weighted by molar-refractivity contribution is 0.518. The second-order valence-electron chi connectivity index (χ2n) is 1.77. The van der Waals surface area contributed by atoms with Gasteiger partial charge in [0.15, 0.2) is 5.52 Å². The Morgan fingerprint density at radius 2 is 2.40 bits per heavy atom. The van der Waals surface area contributed by atoms with Crippen molar-refractivity contribution in [2.24, 2.45) is 0 Å². The average molecular weight is 137 g/mol. The minimum absolute atomic E-state index is 0.238. The Kier molecular flexibility index (Phi) is 0.858. The van der Waals surface area contributed by atoms with Crippen LogP contribution in [0.5, 0.6) is 0 Å². The zero-order chi connectivity index (χ0) is 6.97. The van der Waals surface area contributed by atoms with Gasteiger partial charge in [0.1, 0.15) is 5.52 Å². The highest BCUT2D eigenvalue weighted by molar-refractivity contribution is 5.70. The topological polar surface area (TPSA) is 71.8 Å². The number of aromatic amines is 1. The van der Waals surface area contributed by atoms with Crippen molar-refractivity contribution in [3.05, 3.63) is 22.7 Å². The van der Waals surface area contributed by atoms with E-state index in [1.165, 1.54) is 6.26 Å². The number of nitrogens with zero attached hydrogens (tertiary/aromatic N) is 2. The molecule has 0 aliphatic heterocycles. The van der Waals surface area contributed by atoms with Crippen LogP contribution in [-0.2, 0) is 0 Å². The number of aromatic nitrogens is 3. The van der Waals surface area contributed by atoms with Crippen LogP contribution in [0.3, 0.4) is 0 Å². The van der Waals surface area contributed by atoms with E-state index in [9.17, 15) is 4.79 Å². The lowest BCUT2D eigenvalue weighted by atomic mass is 10.4. The number of hydrogen-bond acceptors (Lipinski definition) is 4. The summed E-state index contributed by atoms with van der Waals surface area (Å²) in [5.41, 5.74) is 0.296. The second kappa shape index (κ2) is 1.66. The van der Waals surface area contributed by atoms with Gasteiger partial charge in [0.05, 0.1) is 6.26 Å². The lowest BCUT2D eigenvalue weighted by Gasteiger charge is -1.78. The minimum Gasteiger partial charge on any atom is -0.430 e. The van der Waals surface area contributed by atoms with Crippen LogP contribution in [-0.4, -0.2) is 15.4 Å². The summed E-state index contributed by atoms with van der Waals surface area (Å²) in [5, 5.41) is 9.58. The number of hydrogen-bond donors (Lipinski definition) is 1. The van der Waals surface area contributed by atoms with Gasteiger partial charge in [0.2, 0.25) is 0 Å². The first-order valence-electron chi connectivity index (χ1n) is 2.66. The van der Waals surface area contributed by atoms with Gasteiger partial charge in [0.25, 0.3) is 0 Å². The maximum absolute atomic E-state index is 10.8. The van der Waals surface area contributed by atoms with Gasteiger partial charge in [-0.25, -0.2) is 4.79 Å². The molecule has 0 fully saturated rings. The summed E-state index contributed by atoms with van der Waals surface area (Å²) < 4.78 is 4.52. The molecule has 0 aliphatic rings. The highest BCUT2D eigenvalue weighted by Crippen LogP contribution is 1.98. The van der Waals surface area contributed by atoms with E-state index < -0.39 is 5.63 Å². The molecule has 0 bridgehead atoms. The van der Waals surface area contributed by atoms with E-state index in [1.807, 2.05) is 0 Å². The van der Waals surface area contributed by atoms with Crippen LogP contribution < -0.4 is 5.63 Å². The average Bonchev–Trinajstić information content (AvgIpc) is 2.36. The van der Waals surface area contributed by atoms with Crippen LogP contribution in [0.1, 0.15) is 0 Å². The Labute approximate surface area is 54.7 Å². The molecule has 0 atom stereocenters. The highest BCUT2D eigenvalue weighted by atomic mass is 16.4. The first-order chi connectivity index (χ1) is 4.88. The van der Waals surface area contributed by atoms with E-state index in [4.69, 9.17) is 0 Å². The van der Waals surface area contributed by atoms with Gasteiger partial charge in [-0.15, -0.1) is 5.10 Å². The molecule has 0 aliphatic carbocycles. The molecule has 2 aromatic rings. The van der Waals surface area contributed by atoms with Gasteiger partial charge >= 0.3 is 5.63 Å². The largest absolute Gasteiger partial charge is 0.430 e. The minimum atomic E-state index is -0.466. The quantitative estimate of drug-likeness (QED) is 0.550. The number of H-pyrrole nitrogens is 1. The normalized spacial score (nSPS) is 10.4. The van der Waals surface area contributed by atoms with Gasteiger partial charge in [-0.2, -0.15) is 10.3 Å². The Morgan fingerprint density at radius 1 is 1.50 bits per heavy atom.